The second-order valence-electron chi connectivity index (χ2n) is 8.56. The van der Waals surface area contributed by atoms with Gasteiger partial charge in [-0.05, 0) is 44.2 Å². The Balaban J connectivity index is 1.26. The van der Waals surface area contributed by atoms with Crippen LogP contribution in [0.15, 0.2) is 53.5 Å². The number of fused-ring (bicyclic) bond motifs is 2. The fourth-order valence-corrected chi connectivity index (χ4v) is 4.87. The highest BCUT2D eigenvalue weighted by molar-refractivity contribution is 5.95. The normalized spacial score (nSPS) is 21.7. The highest BCUT2D eigenvalue weighted by Gasteiger charge is 2.32. The molecule has 31 heavy (non-hydrogen) atoms. The summed E-state index contributed by atoms with van der Waals surface area (Å²) in [5.74, 6) is 1.02. The van der Waals surface area contributed by atoms with Crippen molar-refractivity contribution in [3.05, 3.63) is 48.5 Å². The highest BCUT2D eigenvalue weighted by atomic mass is 16.5. The van der Waals surface area contributed by atoms with Crippen LogP contribution in [0.3, 0.4) is 0 Å². The van der Waals surface area contributed by atoms with E-state index in [4.69, 9.17) is 9.72 Å². The molecular formula is C25H28N4O2. The molecule has 2 atom stereocenters. The molecular weight excluding hydrogens is 388 g/mol. The molecule has 2 saturated heterocycles. The molecule has 0 unspecified atom stereocenters. The molecule has 2 aliphatic heterocycles. The van der Waals surface area contributed by atoms with E-state index in [0.29, 0.717) is 13.1 Å². The van der Waals surface area contributed by atoms with E-state index >= 15 is 0 Å². The number of ether oxygens (including phenoxy) is 1. The average molecular weight is 417 g/mol. The van der Waals surface area contributed by atoms with Gasteiger partial charge in [-0.1, -0.05) is 30.3 Å². The third-order valence-corrected chi connectivity index (χ3v) is 6.43. The minimum Gasteiger partial charge on any atom is -0.487 e. The lowest BCUT2D eigenvalue weighted by Crippen LogP contribution is -2.43. The van der Waals surface area contributed by atoms with Gasteiger partial charge < -0.3 is 9.64 Å². The molecule has 2 fully saturated rings. The van der Waals surface area contributed by atoms with Crippen molar-refractivity contribution < 1.29 is 9.53 Å². The fourth-order valence-electron chi connectivity index (χ4n) is 4.87. The molecule has 2 aliphatic rings. The Morgan fingerprint density at radius 3 is 2.90 bits per heavy atom. The van der Waals surface area contributed by atoms with E-state index in [1.807, 2.05) is 35.2 Å². The summed E-state index contributed by atoms with van der Waals surface area (Å²) in [5.41, 5.74) is 1.87. The number of aromatic nitrogens is 1. The Morgan fingerprint density at radius 1 is 1.13 bits per heavy atom. The van der Waals surface area contributed by atoms with E-state index in [9.17, 15) is 4.79 Å². The van der Waals surface area contributed by atoms with Crippen molar-refractivity contribution in [3.8, 4) is 5.75 Å². The first-order valence-electron chi connectivity index (χ1n) is 11.1. The highest BCUT2D eigenvalue weighted by Crippen LogP contribution is 2.29. The predicted molar refractivity (Wildman–Crippen MR) is 124 cm³/mol. The quantitative estimate of drug-likeness (QED) is 0.456. The molecule has 160 valence electrons. The number of amides is 1. The molecule has 2 aromatic carbocycles. The molecule has 6 heteroatoms. The van der Waals surface area contributed by atoms with Crippen LogP contribution in [-0.2, 0) is 4.79 Å². The summed E-state index contributed by atoms with van der Waals surface area (Å²) in [4.78, 5) is 25.9. The van der Waals surface area contributed by atoms with Crippen molar-refractivity contribution in [2.24, 2.45) is 4.99 Å². The molecule has 1 amide bonds. The first-order chi connectivity index (χ1) is 15.2. The van der Waals surface area contributed by atoms with E-state index in [1.165, 1.54) is 0 Å². The maximum Gasteiger partial charge on any atom is 0.237 e. The first-order valence-corrected chi connectivity index (χ1v) is 11.1. The van der Waals surface area contributed by atoms with Crippen LogP contribution in [0.5, 0.6) is 5.75 Å². The Labute approximate surface area is 182 Å². The lowest BCUT2D eigenvalue weighted by Gasteiger charge is -2.26. The topological polar surface area (TPSA) is 58.0 Å². The summed E-state index contributed by atoms with van der Waals surface area (Å²) >= 11 is 0. The Hall–Kier alpha value is -2.99. The van der Waals surface area contributed by atoms with Gasteiger partial charge in [-0.2, -0.15) is 0 Å². The zero-order valence-electron chi connectivity index (χ0n) is 17.7. The van der Waals surface area contributed by atoms with Crippen LogP contribution in [-0.4, -0.2) is 72.3 Å². The van der Waals surface area contributed by atoms with Crippen LogP contribution in [0.25, 0.3) is 21.8 Å². The lowest BCUT2D eigenvalue weighted by molar-refractivity contribution is -0.132. The number of para-hydroxylation sites is 2. The number of likely N-dealkylation sites (tertiary alicyclic amines) is 2. The summed E-state index contributed by atoms with van der Waals surface area (Å²) in [6, 6.07) is 16.6. The van der Waals surface area contributed by atoms with Crippen LogP contribution in [0.2, 0.25) is 0 Å². The SMILES string of the molecule is C=NC[C@@H]1CCCN1C(=O)CN1CC[C@H](Oc2cccc3cc4ccccc4nc23)C1. The van der Waals surface area contributed by atoms with Gasteiger partial charge in [0.05, 0.1) is 24.6 Å². The Bertz CT molecular complexity index is 1120. The number of carbonyl (C=O) groups excluding carboxylic acids is 1. The first kappa shape index (κ1) is 19.9. The van der Waals surface area contributed by atoms with E-state index < -0.39 is 0 Å². The number of pyridine rings is 1. The minimum atomic E-state index is 0.0656. The number of carbonyl (C=O) groups is 1. The molecule has 0 bridgehead atoms. The average Bonchev–Trinajstić information content (AvgIpc) is 3.42. The van der Waals surface area contributed by atoms with Crippen molar-refractivity contribution in [1.82, 2.24) is 14.8 Å². The fraction of sp³-hybridized carbons (Fsp3) is 0.400. The molecule has 6 nitrogen and oxygen atoms in total. The maximum atomic E-state index is 12.8. The van der Waals surface area contributed by atoms with E-state index in [-0.39, 0.29) is 18.1 Å². The van der Waals surface area contributed by atoms with Crippen molar-refractivity contribution >= 4 is 34.4 Å². The van der Waals surface area contributed by atoms with Gasteiger partial charge in [-0.25, -0.2) is 4.98 Å². The van der Waals surface area contributed by atoms with Gasteiger partial charge in [0.15, 0.2) is 0 Å². The molecule has 0 N–H and O–H groups in total. The number of rotatable bonds is 6. The van der Waals surface area contributed by atoms with E-state index in [2.05, 4.69) is 34.8 Å². The third kappa shape index (κ3) is 4.12. The monoisotopic (exact) mass is 416 g/mol. The standard InChI is InChI=1S/C25H28N4O2/c1-26-15-20-8-5-12-29(20)24(30)17-28-13-11-21(16-28)31-23-10-4-7-19-14-18-6-2-3-9-22(18)27-25(19)23/h2-4,6-7,9-10,14,20-21H,1,5,8,11-13,15-17H2/t20-,21-/m0/s1. The predicted octanol–water partition coefficient (Wildman–Crippen LogP) is 3.53. The zero-order chi connectivity index (χ0) is 21.2. The minimum absolute atomic E-state index is 0.0656. The van der Waals surface area contributed by atoms with E-state index in [1.54, 1.807) is 0 Å². The van der Waals surface area contributed by atoms with Gasteiger partial charge in [-0.3, -0.25) is 14.7 Å². The second kappa shape index (κ2) is 8.63. The van der Waals surface area contributed by atoms with Gasteiger partial charge in [0.25, 0.3) is 0 Å². The molecule has 5 rings (SSSR count). The number of hydrogen-bond donors (Lipinski definition) is 0. The van der Waals surface area contributed by atoms with Gasteiger partial charge >= 0.3 is 0 Å². The molecule has 0 saturated carbocycles. The molecule has 0 aliphatic carbocycles. The summed E-state index contributed by atoms with van der Waals surface area (Å²) in [6.45, 7) is 7.14. The number of benzene rings is 2. The molecule has 3 aromatic rings. The molecule has 0 spiro atoms. The van der Waals surface area contributed by atoms with E-state index in [0.717, 1.165) is 66.5 Å². The third-order valence-electron chi connectivity index (χ3n) is 6.43. The second-order valence-corrected chi connectivity index (χ2v) is 8.56. The van der Waals surface area contributed by atoms with Crippen molar-refractivity contribution in [3.63, 3.8) is 0 Å². The maximum absolute atomic E-state index is 12.8. The zero-order valence-corrected chi connectivity index (χ0v) is 17.7. The number of hydrogen-bond acceptors (Lipinski definition) is 5. The van der Waals surface area contributed by atoms with Gasteiger partial charge in [0.1, 0.15) is 17.4 Å². The number of aliphatic imine (C=N–C) groups is 1. The van der Waals surface area contributed by atoms with Gasteiger partial charge in [-0.15, -0.1) is 0 Å². The largest absolute Gasteiger partial charge is 0.487 e. The van der Waals surface area contributed by atoms with Crippen molar-refractivity contribution in [2.75, 3.05) is 32.7 Å². The van der Waals surface area contributed by atoms with Crippen molar-refractivity contribution in [1.29, 1.82) is 0 Å². The van der Waals surface area contributed by atoms with Crippen LogP contribution < -0.4 is 4.74 Å². The Morgan fingerprint density at radius 2 is 2.00 bits per heavy atom. The number of nitrogens with zero attached hydrogens (tertiary/aromatic N) is 4. The van der Waals surface area contributed by atoms with Crippen LogP contribution in [0.4, 0.5) is 0 Å². The van der Waals surface area contributed by atoms with Crippen LogP contribution in [0.1, 0.15) is 19.3 Å². The summed E-state index contributed by atoms with van der Waals surface area (Å²) in [7, 11) is 0. The summed E-state index contributed by atoms with van der Waals surface area (Å²) in [6.07, 6.45) is 3.06. The van der Waals surface area contributed by atoms with Gasteiger partial charge in [0.2, 0.25) is 5.91 Å². The molecule has 0 radical (unpaired) electrons. The van der Waals surface area contributed by atoms with Gasteiger partial charge in [0, 0.05) is 30.4 Å². The Kier molecular flexibility index (Phi) is 5.55. The van der Waals surface area contributed by atoms with Crippen LogP contribution >= 0.6 is 0 Å². The molecule has 3 heterocycles. The summed E-state index contributed by atoms with van der Waals surface area (Å²) < 4.78 is 6.38. The summed E-state index contributed by atoms with van der Waals surface area (Å²) in [5, 5.41) is 2.21. The smallest absolute Gasteiger partial charge is 0.237 e. The molecule has 1 aromatic heterocycles. The lowest BCUT2D eigenvalue weighted by atomic mass is 10.1. The van der Waals surface area contributed by atoms with Crippen LogP contribution in [0, 0.1) is 0 Å². The van der Waals surface area contributed by atoms with Crippen molar-refractivity contribution in [2.45, 2.75) is 31.4 Å².